The van der Waals surface area contributed by atoms with Gasteiger partial charge >= 0.3 is 0 Å². The molecule has 0 radical (unpaired) electrons. The van der Waals surface area contributed by atoms with Crippen LogP contribution in [0.1, 0.15) is 55.7 Å². The van der Waals surface area contributed by atoms with Crippen LogP contribution in [-0.2, 0) is 0 Å². The Hall–Kier alpha value is -2.09. The predicted molar refractivity (Wildman–Crippen MR) is 105 cm³/mol. The molecular formula is C22H28N2. The lowest BCUT2D eigenvalue weighted by atomic mass is 9.99. The fraction of sp³-hybridized carbons (Fsp3) is 0.409. The van der Waals surface area contributed by atoms with Crippen molar-refractivity contribution >= 4 is 17.6 Å². The van der Waals surface area contributed by atoms with Gasteiger partial charge in [0.2, 0.25) is 0 Å². The van der Waals surface area contributed by atoms with Crippen molar-refractivity contribution in [1.29, 1.82) is 0 Å². The maximum Gasteiger partial charge on any atom is 0.0630 e. The molecule has 0 unspecified atom stereocenters. The van der Waals surface area contributed by atoms with Gasteiger partial charge in [0.15, 0.2) is 0 Å². The van der Waals surface area contributed by atoms with Gasteiger partial charge in [-0.3, -0.25) is 4.99 Å². The van der Waals surface area contributed by atoms with E-state index in [2.05, 4.69) is 73.1 Å². The van der Waals surface area contributed by atoms with Crippen molar-refractivity contribution in [2.24, 2.45) is 4.99 Å². The SMILES string of the molecule is CC[C@@H](C)c1ccc(N=Cc2ccc(N3CCCC3)cc2C)cc1. The van der Waals surface area contributed by atoms with Crippen molar-refractivity contribution in [2.75, 3.05) is 18.0 Å². The fourth-order valence-electron chi connectivity index (χ4n) is 3.25. The zero-order valence-electron chi connectivity index (χ0n) is 15.1. The average molecular weight is 320 g/mol. The van der Waals surface area contributed by atoms with Gasteiger partial charge in [0, 0.05) is 25.0 Å². The molecule has 2 aromatic carbocycles. The van der Waals surface area contributed by atoms with Crippen molar-refractivity contribution in [3.63, 3.8) is 0 Å². The molecule has 1 aliphatic heterocycles. The summed E-state index contributed by atoms with van der Waals surface area (Å²) in [6, 6.07) is 15.3. The van der Waals surface area contributed by atoms with Crippen molar-refractivity contribution < 1.29 is 0 Å². The Labute approximate surface area is 146 Å². The summed E-state index contributed by atoms with van der Waals surface area (Å²) >= 11 is 0. The number of hydrogen-bond donors (Lipinski definition) is 0. The molecule has 2 heteroatoms. The van der Waals surface area contributed by atoms with Crippen molar-refractivity contribution in [2.45, 2.75) is 46.0 Å². The lowest BCUT2D eigenvalue weighted by Crippen LogP contribution is -2.17. The topological polar surface area (TPSA) is 15.6 Å². The van der Waals surface area contributed by atoms with Gasteiger partial charge in [-0.2, -0.15) is 0 Å². The van der Waals surface area contributed by atoms with Gasteiger partial charge in [0.25, 0.3) is 0 Å². The fourth-order valence-corrected chi connectivity index (χ4v) is 3.25. The van der Waals surface area contributed by atoms with Gasteiger partial charge < -0.3 is 4.90 Å². The lowest BCUT2D eigenvalue weighted by Gasteiger charge is -2.18. The third-order valence-corrected chi connectivity index (χ3v) is 5.15. The first-order valence-corrected chi connectivity index (χ1v) is 9.17. The normalized spacial score (nSPS) is 16.0. The minimum absolute atomic E-state index is 0.614. The predicted octanol–water partition coefficient (Wildman–Crippen LogP) is 5.86. The van der Waals surface area contributed by atoms with Gasteiger partial charge in [-0.15, -0.1) is 0 Å². The van der Waals surface area contributed by atoms with E-state index in [0.29, 0.717) is 5.92 Å². The summed E-state index contributed by atoms with van der Waals surface area (Å²) in [4.78, 5) is 7.13. The standard InChI is InChI=1S/C22H28N2/c1-4-17(2)19-7-10-21(11-8-19)23-16-20-9-12-22(15-18(20)3)24-13-5-6-14-24/h7-12,15-17H,4-6,13-14H2,1-3H3/t17-/m1/s1. The molecule has 1 saturated heterocycles. The molecule has 0 saturated carbocycles. The van der Waals surface area contributed by atoms with Gasteiger partial charge in [-0.1, -0.05) is 32.0 Å². The average Bonchev–Trinajstić information content (AvgIpc) is 3.15. The molecule has 126 valence electrons. The van der Waals surface area contributed by atoms with Gasteiger partial charge in [-0.25, -0.2) is 0 Å². The number of aryl methyl sites for hydroxylation is 1. The van der Waals surface area contributed by atoms with E-state index < -0.39 is 0 Å². The summed E-state index contributed by atoms with van der Waals surface area (Å²) in [5, 5.41) is 0. The van der Waals surface area contributed by atoms with Gasteiger partial charge in [0.1, 0.15) is 0 Å². The summed E-state index contributed by atoms with van der Waals surface area (Å²) in [5.41, 5.74) is 6.25. The molecule has 2 aromatic rings. The first-order chi connectivity index (χ1) is 11.7. The second kappa shape index (κ2) is 7.65. The van der Waals surface area contributed by atoms with Crippen LogP contribution in [-0.4, -0.2) is 19.3 Å². The van der Waals surface area contributed by atoms with E-state index >= 15 is 0 Å². The third kappa shape index (κ3) is 3.87. The first kappa shape index (κ1) is 16.8. The molecule has 24 heavy (non-hydrogen) atoms. The summed E-state index contributed by atoms with van der Waals surface area (Å²) in [6.45, 7) is 9.05. The third-order valence-electron chi connectivity index (χ3n) is 5.15. The number of anilines is 1. The first-order valence-electron chi connectivity index (χ1n) is 9.17. The van der Waals surface area contributed by atoms with Crippen LogP contribution in [0.15, 0.2) is 47.5 Å². The number of nitrogens with zero attached hydrogens (tertiary/aromatic N) is 2. The van der Waals surface area contributed by atoms with Crippen LogP contribution >= 0.6 is 0 Å². The number of benzene rings is 2. The molecule has 0 bridgehead atoms. The van der Waals surface area contributed by atoms with E-state index in [-0.39, 0.29) is 0 Å². The van der Waals surface area contributed by atoms with Crippen LogP contribution in [0.5, 0.6) is 0 Å². The van der Waals surface area contributed by atoms with E-state index in [1.54, 1.807) is 0 Å². The van der Waals surface area contributed by atoms with Crippen LogP contribution in [0.4, 0.5) is 11.4 Å². The highest BCUT2D eigenvalue weighted by Gasteiger charge is 2.12. The minimum atomic E-state index is 0.614. The van der Waals surface area contributed by atoms with Crippen LogP contribution in [0.3, 0.4) is 0 Å². The van der Waals surface area contributed by atoms with Crippen LogP contribution in [0, 0.1) is 6.92 Å². The van der Waals surface area contributed by atoms with E-state index in [9.17, 15) is 0 Å². The maximum absolute atomic E-state index is 4.65. The molecule has 0 aromatic heterocycles. The number of aliphatic imine (C=N–C) groups is 1. The monoisotopic (exact) mass is 320 g/mol. The van der Waals surface area contributed by atoms with E-state index in [4.69, 9.17) is 0 Å². The Morgan fingerprint density at radius 2 is 1.79 bits per heavy atom. The molecule has 0 amide bonds. The lowest BCUT2D eigenvalue weighted by molar-refractivity contribution is 0.734. The molecule has 1 atom stereocenters. The largest absolute Gasteiger partial charge is 0.372 e. The highest BCUT2D eigenvalue weighted by molar-refractivity contribution is 5.84. The molecule has 0 N–H and O–H groups in total. The Bertz CT molecular complexity index is 694. The Balaban J connectivity index is 1.72. The minimum Gasteiger partial charge on any atom is -0.372 e. The molecule has 0 spiro atoms. The Morgan fingerprint density at radius 3 is 2.42 bits per heavy atom. The molecule has 0 aliphatic carbocycles. The number of hydrogen-bond acceptors (Lipinski definition) is 2. The highest BCUT2D eigenvalue weighted by Crippen LogP contribution is 2.24. The van der Waals surface area contributed by atoms with Crippen molar-refractivity contribution in [1.82, 2.24) is 0 Å². The van der Waals surface area contributed by atoms with Gasteiger partial charge in [0.05, 0.1) is 5.69 Å². The quantitative estimate of drug-likeness (QED) is 0.630. The van der Waals surface area contributed by atoms with Crippen LogP contribution in [0.25, 0.3) is 0 Å². The molecule has 2 nitrogen and oxygen atoms in total. The Kier molecular flexibility index (Phi) is 5.34. The number of rotatable bonds is 5. The summed E-state index contributed by atoms with van der Waals surface area (Å²) in [6.07, 6.45) is 5.79. The van der Waals surface area contributed by atoms with E-state index in [0.717, 1.165) is 5.69 Å². The van der Waals surface area contributed by atoms with Crippen molar-refractivity contribution in [3.8, 4) is 0 Å². The summed E-state index contributed by atoms with van der Waals surface area (Å²) in [7, 11) is 0. The Morgan fingerprint density at radius 1 is 1.08 bits per heavy atom. The maximum atomic E-state index is 4.65. The zero-order chi connectivity index (χ0) is 16.9. The van der Waals surface area contributed by atoms with E-state index in [1.165, 1.54) is 54.7 Å². The smallest absolute Gasteiger partial charge is 0.0630 e. The van der Waals surface area contributed by atoms with Crippen molar-refractivity contribution in [3.05, 3.63) is 59.2 Å². The second-order valence-corrected chi connectivity index (χ2v) is 6.89. The summed E-state index contributed by atoms with van der Waals surface area (Å²) < 4.78 is 0. The molecule has 1 heterocycles. The zero-order valence-corrected chi connectivity index (χ0v) is 15.1. The molecule has 3 rings (SSSR count). The second-order valence-electron chi connectivity index (χ2n) is 6.89. The van der Waals surface area contributed by atoms with Crippen LogP contribution in [0.2, 0.25) is 0 Å². The van der Waals surface area contributed by atoms with Gasteiger partial charge in [-0.05, 0) is 73.1 Å². The molecule has 1 fully saturated rings. The summed E-state index contributed by atoms with van der Waals surface area (Å²) in [5.74, 6) is 0.614. The van der Waals surface area contributed by atoms with Crippen LogP contribution < -0.4 is 4.90 Å². The molecule has 1 aliphatic rings. The highest BCUT2D eigenvalue weighted by atomic mass is 15.1. The molecular weight excluding hydrogens is 292 g/mol. The van der Waals surface area contributed by atoms with E-state index in [1.807, 2.05) is 6.21 Å².